The number of nitrogens with one attached hydrogen (secondary N) is 2. The lowest BCUT2D eigenvalue weighted by Gasteiger charge is -2.31. The van der Waals surface area contributed by atoms with Crippen molar-refractivity contribution in [1.82, 2.24) is 15.8 Å². The summed E-state index contributed by atoms with van der Waals surface area (Å²) in [6.07, 6.45) is 0.890. The van der Waals surface area contributed by atoms with Crippen molar-refractivity contribution in [2.24, 2.45) is 5.92 Å². The number of aromatic hydroxyl groups is 1. The minimum Gasteiger partial charge on any atom is -0.508 e. The lowest BCUT2D eigenvalue weighted by Crippen LogP contribution is -2.41. The number of phenolic OH excluding ortho intramolecular Hbond substituents is 1. The van der Waals surface area contributed by atoms with Crippen molar-refractivity contribution < 1.29 is 14.6 Å². The molecule has 0 bridgehead atoms. The number of ether oxygens (including phenoxy) is 1. The van der Waals surface area contributed by atoms with Crippen LogP contribution < -0.4 is 15.6 Å². The van der Waals surface area contributed by atoms with Crippen molar-refractivity contribution in [1.29, 1.82) is 0 Å². The van der Waals surface area contributed by atoms with Gasteiger partial charge in [-0.05, 0) is 44.0 Å². The van der Waals surface area contributed by atoms with E-state index in [1.807, 2.05) is 49.1 Å². The number of fused-ring (bicyclic) bond motifs is 1. The second-order valence-corrected chi connectivity index (χ2v) is 7.87. The predicted molar refractivity (Wildman–Crippen MR) is 111 cm³/mol. The molecule has 2 saturated heterocycles. The van der Waals surface area contributed by atoms with E-state index in [1.165, 1.54) is 0 Å². The predicted octanol–water partition coefficient (Wildman–Crippen LogP) is 3.23. The van der Waals surface area contributed by atoms with Crippen molar-refractivity contribution in [3.63, 3.8) is 0 Å². The number of amides is 1. The molecule has 2 aromatic carbocycles. The zero-order valence-corrected chi connectivity index (χ0v) is 17.2. The number of nitrogens with zero attached hydrogens (tertiary/aromatic N) is 1. The maximum absolute atomic E-state index is 13.2. The van der Waals surface area contributed by atoms with E-state index < -0.39 is 0 Å². The highest BCUT2D eigenvalue weighted by atomic mass is 16.5. The summed E-state index contributed by atoms with van der Waals surface area (Å²) < 4.78 is 5.71. The number of aryl methyl sites for hydroxylation is 1. The van der Waals surface area contributed by atoms with Crippen LogP contribution in [0.25, 0.3) is 0 Å². The van der Waals surface area contributed by atoms with Gasteiger partial charge in [0.2, 0.25) is 5.91 Å². The molecule has 0 saturated carbocycles. The topological polar surface area (TPSA) is 73.8 Å². The highest BCUT2D eigenvalue weighted by Gasteiger charge is 2.55. The normalized spacial score (nSPS) is 26.0. The Balaban J connectivity index is 1.78. The summed E-state index contributed by atoms with van der Waals surface area (Å²) >= 11 is 0. The molecule has 6 nitrogen and oxygen atoms in total. The smallest absolute Gasteiger partial charge is 0.242 e. The molecule has 0 spiro atoms. The molecule has 3 N–H and O–H groups in total. The molecule has 1 amide bonds. The van der Waals surface area contributed by atoms with Gasteiger partial charge in [0.05, 0.1) is 18.7 Å². The molecule has 2 fully saturated rings. The van der Waals surface area contributed by atoms with Crippen LogP contribution in [0.3, 0.4) is 0 Å². The van der Waals surface area contributed by atoms with Crippen molar-refractivity contribution in [2.75, 3.05) is 13.2 Å². The standard InChI is InChI=1S/C23H29N3O3/c1-4-11-26-22(15-7-6-8-16(13-15)29-5-2)19-20(24-25-21(19)23(26)28)17-12-14(3)9-10-18(17)27/h6-10,12-13,19-22,24-25,27H,4-5,11H2,1-3H3. The van der Waals surface area contributed by atoms with Crippen LogP contribution in [0.15, 0.2) is 42.5 Å². The Hall–Kier alpha value is -2.57. The van der Waals surface area contributed by atoms with Gasteiger partial charge in [-0.1, -0.05) is 36.8 Å². The SMILES string of the molecule is CCCN1C(=O)C2NNC(c3cc(C)ccc3O)C2C1c1cccc(OCC)c1. The van der Waals surface area contributed by atoms with Crippen molar-refractivity contribution in [3.8, 4) is 11.5 Å². The van der Waals surface area contributed by atoms with E-state index in [1.54, 1.807) is 6.07 Å². The van der Waals surface area contributed by atoms with Crippen molar-refractivity contribution in [2.45, 2.75) is 45.3 Å². The second-order valence-electron chi connectivity index (χ2n) is 7.87. The molecule has 4 unspecified atom stereocenters. The van der Waals surface area contributed by atoms with Gasteiger partial charge in [-0.2, -0.15) is 0 Å². The summed E-state index contributed by atoms with van der Waals surface area (Å²) in [5, 5.41) is 10.5. The number of likely N-dealkylation sites (tertiary alicyclic amines) is 1. The molecular weight excluding hydrogens is 366 g/mol. The number of hydrazine groups is 1. The zero-order valence-electron chi connectivity index (χ0n) is 17.2. The molecule has 4 atom stereocenters. The molecule has 2 aliphatic heterocycles. The third-order valence-electron chi connectivity index (χ3n) is 5.91. The van der Waals surface area contributed by atoms with Crippen LogP contribution in [0.1, 0.15) is 49.0 Å². The highest BCUT2D eigenvalue weighted by Crippen LogP contribution is 2.49. The Kier molecular flexibility index (Phi) is 5.48. The molecular formula is C23H29N3O3. The van der Waals surface area contributed by atoms with Crippen LogP contribution >= 0.6 is 0 Å². The Bertz CT molecular complexity index is 901. The first-order chi connectivity index (χ1) is 14.0. The largest absolute Gasteiger partial charge is 0.508 e. The quantitative estimate of drug-likeness (QED) is 0.700. The first-order valence-corrected chi connectivity index (χ1v) is 10.4. The van der Waals surface area contributed by atoms with Gasteiger partial charge in [0.25, 0.3) is 0 Å². The molecule has 0 aliphatic carbocycles. The fourth-order valence-corrected chi connectivity index (χ4v) is 4.73. The number of hydrogen-bond donors (Lipinski definition) is 3. The molecule has 154 valence electrons. The average molecular weight is 396 g/mol. The Morgan fingerprint density at radius 3 is 2.66 bits per heavy atom. The van der Waals surface area contributed by atoms with E-state index in [0.29, 0.717) is 13.2 Å². The first kappa shape index (κ1) is 19.7. The molecule has 2 aliphatic rings. The van der Waals surface area contributed by atoms with Crippen LogP contribution in [-0.2, 0) is 4.79 Å². The molecule has 4 rings (SSSR count). The number of carbonyl (C=O) groups is 1. The summed E-state index contributed by atoms with van der Waals surface area (Å²) in [4.78, 5) is 15.2. The number of rotatable bonds is 6. The molecule has 29 heavy (non-hydrogen) atoms. The Morgan fingerprint density at radius 1 is 1.10 bits per heavy atom. The van der Waals surface area contributed by atoms with Gasteiger partial charge in [-0.3, -0.25) is 4.79 Å². The summed E-state index contributed by atoms with van der Waals surface area (Å²) in [5.74, 6) is 1.12. The number of hydrogen-bond acceptors (Lipinski definition) is 5. The van der Waals surface area contributed by atoms with Gasteiger partial charge in [0.15, 0.2) is 0 Å². The lowest BCUT2D eigenvalue weighted by molar-refractivity contribution is -0.130. The van der Waals surface area contributed by atoms with Gasteiger partial charge in [-0.25, -0.2) is 10.9 Å². The van der Waals surface area contributed by atoms with E-state index in [9.17, 15) is 9.90 Å². The van der Waals surface area contributed by atoms with E-state index in [-0.39, 0.29) is 35.7 Å². The van der Waals surface area contributed by atoms with Gasteiger partial charge >= 0.3 is 0 Å². The maximum Gasteiger partial charge on any atom is 0.242 e. The van der Waals surface area contributed by atoms with E-state index >= 15 is 0 Å². The maximum atomic E-state index is 13.2. The minimum absolute atomic E-state index is 0.0429. The van der Waals surface area contributed by atoms with Crippen LogP contribution in [0.2, 0.25) is 0 Å². The third kappa shape index (κ3) is 3.47. The Morgan fingerprint density at radius 2 is 1.90 bits per heavy atom. The molecule has 6 heteroatoms. The molecule has 2 aromatic rings. The summed E-state index contributed by atoms with van der Waals surface area (Å²) in [6.45, 7) is 7.36. The van der Waals surface area contributed by atoms with Gasteiger partial charge in [0.1, 0.15) is 17.5 Å². The fraction of sp³-hybridized carbons (Fsp3) is 0.435. The highest BCUT2D eigenvalue weighted by molar-refractivity contribution is 5.86. The van der Waals surface area contributed by atoms with E-state index in [4.69, 9.17) is 4.74 Å². The first-order valence-electron chi connectivity index (χ1n) is 10.4. The van der Waals surface area contributed by atoms with Crippen LogP contribution in [-0.4, -0.2) is 35.1 Å². The number of benzene rings is 2. The molecule has 0 radical (unpaired) electrons. The fourth-order valence-electron chi connectivity index (χ4n) is 4.73. The van der Waals surface area contributed by atoms with Gasteiger partial charge in [-0.15, -0.1) is 0 Å². The minimum atomic E-state index is -0.327. The Labute approximate surface area is 171 Å². The lowest BCUT2D eigenvalue weighted by atomic mass is 9.82. The third-order valence-corrected chi connectivity index (χ3v) is 5.91. The van der Waals surface area contributed by atoms with Crippen LogP contribution in [0.5, 0.6) is 11.5 Å². The van der Waals surface area contributed by atoms with E-state index in [0.717, 1.165) is 28.9 Å². The number of carbonyl (C=O) groups excluding carboxylic acids is 1. The van der Waals surface area contributed by atoms with Gasteiger partial charge < -0.3 is 14.7 Å². The molecule has 0 aromatic heterocycles. The van der Waals surface area contributed by atoms with E-state index in [2.05, 4.69) is 23.8 Å². The van der Waals surface area contributed by atoms with Crippen molar-refractivity contribution >= 4 is 5.91 Å². The monoisotopic (exact) mass is 395 g/mol. The summed E-state index contributed by atoms with van der Waals surface area (Å²) in [6, 6.07) is 13.1. The zero-order chi connectivity index (χ0) is 20.5. The summed E-state index contributed by atoms with van der Waals surface area (Å²) in [5.41, 5.74) is 9.46. The van der Waals surface area contributed by atoms with Crippen LogP contribution in [0, 0.1) is 12.8 Å². The second kappa shape index (κ2) is 8.05. The average Bonchev–Trinajstić information content (AvgIpc) is 3.24. The number of phenols is 1. The van der Waals surface area contributed by atoms with Gasteiger partial charge in [0, 0.05) is 18.0 Å². The summed E-state index contributed by atoms with van der Waals surface area (Å²) in [7, 11) is 0. The van der Waals surface area contributed by atoms with Crippen LogP contribution in [0.4, 0.5) is 0 Å². The molecule has 2 heterocycles. The van der Waals surface area contributed by atoms with Crippen molar-refractivity contribution in [3.05, 3.63) is 59.2 Å².